The summed E-state index contributed by atoms with van der Waals surface area (Å²) >= 11 is 0. The van der Waals surface area contributed by atoms with E-state index < -0.39 is 0 Å². The Balaban J connectivity index is 1.60. The fourth-order valence-electron chi connectivity index (χ4n) is 4.48. The lowest BCUT2D eigenvalue weighted by Gasteiger charge is -2.16. The Morgan fingerprint density at radius 1 is 1.07 bits per heavy atom. The second kappa shape index (κ2) is 6.47. The van der Waals surface area contributed by atoms with Crippen molar-refractivity contribution >= 4 is 17.3 Å². The summed E-state index contributed by atoms with van der Waals surface area (Å²) in [7, 11) is 1.70. The van der Waals surface area contributed by atoms with Crippen LogP contribution in [0.2, 0.25) is 0 Å². The molecule has 3 aromatic rings. The molecule has 0 radical (unpaired) electrons. The number of aryl methyl sites for hydroxylation is 3. The van der Waals surface area contributed by atoms with Gasteiger partial charge < -0.3 is 10.1 Å². The van der Waals surface area contributed by atoms with Gasteiger partial charge in [0.1, 0.15) is 11.6 Å². The van der Waals surface area contributed by atoms with Crippen molar-refractivity contribution in [2.24, 2.45) is 11.8 Å². The second-order valence-electron chi connectivity index (χ2n) is 8.41. The van der Waals surface area contributed by atoms with Crippen LogP contribution < -0.4 is 10.1 Å². The first-order chi connectivity index (χ1) is 13.5. The first-order valence-electron chi connectivity index (χ1n) is 10.2. The van der Waals surface area contributed by atoms with Crippen LogP contribution in [0.5, 0.6) is 5.75 Å². The van der Waals surface area contributed by atoms with Crippen LogP contribution in [0, 0.1) is 32.6 Å². The van der Waals surface area contributed by atoms with Crippen LogP contribution in [0.15, 0.2) is 18.3 Å². The van der Waals surface area contributed by atoms with Gasteiger partial charge in [0.2, 0.25) is 5.95 Å². The fraction of sp³-hybridized carbons (Fsp3) is 0.500. The minimum absolute atomic E-state index is 0.607. The zero-order valence-corrected chi connectivity index (χ0v) is 17.0. The molecule has 0 atom stereocenters. The molecule has 1 N–H and O–H groups in total. The number of rotatable bonds is 6. The lowest BCUT2D eigenvalue weighted by atomic mass is 9.91. The van der Waals surface area contributed by atoms with Gasteiger partial charge in [0, 0.05) is 5.56 Å². The summed E-state index contributed by atoms with van der Waals surface area (Å²) in [4.78, 5) is 9.43. The number of aromatic nitrogens is 4. The van der Waals surface area contributed by atoms with Gasteiger partial charge in [0.05, 0.1) is 19.0 Å². The van der Waals surface area contributed by atoms with E-state index in [1.807, 2.05) is 23.7 Å². The summed E-state index contributed by atoms with van der Waals surface area (Å²) in [5.41, 5.74) is 5.45. The number of hydrogen-bond acceptors (Lipinski definition) is 5. The Hall–Kier alpha value is -2.63. The van der Waals surface area contributed by atoms with Gasteiger partial charge in [-0.2, -0.15) is 14.6 Å². The van der Waals surface area contributed by atoms with Crippen molar-refractivity contribution in [3.63, 3.8) is 0 Å². The van der Waals surface area contributed by atoms with Crippen LogP contribution >= 0.6 is 0 Å². The SMILES string of the molecule is COc1cc(C)cc(C)c1Nc1nc(C)nc2c(C(C3CC3)C3CC3)cnn12. The van der Waals surface area contributed by atoms with Crippen molar-refractivity contribution in [1.29, 1.82) is 0 Å². The largest absolute Gasteiger partial charge is 0.495 e. The summed E-state index contributed by atoms with van der Waals surface area (Å²) in [6.07, 6.45) is 7.39. The monoisotopic (exact) mass is 377 g/mol. The number of fused-ring (bicyclic) bond motifs is 1. The highest BCUT2D eigenvalue weighted by atomic mass is 16.5. The summed E-state index contributed by atoms with van der Waals surface area (Å²) in [6, 6.07) is 4.17. The Kier molecular flexibility index (Phi) is 4.03. The summed E-state index contributed by atoms with van der Waals surface area (Å²) in [5, 5.41) is 8.16. The van der Waals surface area contributed by atoms with Gasteiger partial charge in [0.15, 0.2) is 5.65 Å². The summed E-state index contributed by atoms with van der Waals surface area (Å²) < 4.78 is 7.47. The van der Waals surface area contributed by atoms with Gasteiger partial charge in [-0.05, 0) is 81.4 Å². The van der Waals surface area contributed by atoms with E-state index in [9.17, 15) is 0 Å². The number of hydrogen-bond donors (Lipinski definition) is 1. The van der Waals surface area contributed by atoms with Crippen LogP contribution in [0.1, 0.15) is 54.1 Å². The Morgan fingerprint density at radius 2 is 1.79 bits per heavy atom. The average Bonchev–Trinajstić information content (AvgIpc) is 3.57. The zero-order valence-electron chi connectivity index (χ0n) is 17.0. The normalized spacial score (nSPS) is 16.8. The predicted molar refractivity (Wildman–Crippen MR) is 109 cm³/mol. The van der Waals surface area contributed by atoms with E-state index in [1.165, 1.54) is 36.8 Å². The maximum atomic E-state index is 5.61. The van der Waals surface area contributed by atoms with Gasteiger partial charge in [-0.1, -0.05) is 6.07 Å². The third-order valence-corrected chi connectivity index (χ3v) is 6.03. The number of anilines is 2. The lowest BCUT2D eigenvalue weighted by Crippen LogP contribution is -2.10. The molecule has 0 bridgehead atoms. The van der Waals surface area contributed by atoms with Crippen LogP contribution in [0.3, 0.4) is 0 Å². The highest BCUT2D eigenvalue weighted by Gasteiger charge is 2.43. The molecule has 2 aromatic heterocycles. The Bertz CT molecular complexity index is 1040. The summed E-state index contributed by atoms with van der Waals surface area (Å²) in [6.45, 7) is 6.10. The average molecular weight is 377 g/mol. The molecular formula is C22H27N5O. The first kappa shape index (κ1) is 17.5. The molecule has 1 aromatic carbocycles. The maximum Gasteiger partial charge on any atom is 0.232 e. The van der Waals surface area contributed by atoms with E-state index in [1.54, 1.807) is 7.11 Å². The standard InChI is InChI=1S/C22H27N5O/c1-12-9-13(2)20(18(10-12)28-4)26-22-25-14(3)24-21-17(11-23-27(21)22)19(15-5-6-15)16-7-8-16/h9-11,15-16,19H,5-8H2,1-4H3,(H,24,25,26). The number of ether oxygens (including phenoxy) is 1. The Labute approximate surface area is 165 Å². The third kappa shape index (κ3) is 3.01. The minimum Gasteiger partial charge on any atom is -0.495 e. The van der Waals surface area contributed by atoms with Crippen LogP contribution in [-0.4, -0.2) is 26.7 Å². The van der Waals surface area contributed by atoms with Gasteiger partial charge in [0.25, 0.3) is 0 Å². The molecule has 0 aliphatic heterocycles. The molecule has 0 amide bonds. The number of nitrogens with zero attached hydrogens (tertiary/aromatic N) is 4. The molecule has 2 heterocycles. The van der Waals surface area contributed by atoms with E-state index in [-0.39, 0.29) is 0 Å². The third-order valence-electron chi connectivity index (χ3n) is 6.03. The molecule has 28 heavy (non-hydrogen) atoms. The molecule has 0 unspecified atom stereocenters. The molecule has 6 nitrogen and oxygen atoms in total. The van der Waals surface area contributed by atoms with E-state index >= 15 is 0 Å². The minimum atomic E-state index is 0.607. The Morgan fingerprint density at radius 3 is 2.43 bits per heavy atom. The van der Waals surface area contributed by atoms with Crippen molar-refractivity contribution in [2.45, 2.75) is 52.4 Å². The van der Waals surface area contributed by atoms with E-state index in [0.29, 0.717) is 11.9 Å². The molecule has 2 saturated carbocycles. The molecular weight excluding hydrogens is 350 g/mol. The fourth-order valence-corrected chi connectivity index (χ4v) is 4.48. The van der Waals surface area contributed by atoms with E-state index in [0.717, 1.165) is 40.3 Å². The second-order valence-corrected chi connectivity index (χ2v) is 8.41. The van der Waals surface area contributed by atoms with Crippen molar-refractivity contribution in [2.75, 3.05) is 12.4 Å². The van der Waals surface area contributed by atoms with Gasteiger partial charge >= 0.3 is 0 Å². The molecule has 6 heteroatoms. The quantitative estimate of drug-likeness (QED) is 0.674. The first-order valence-corrected chi connectivity index (χ1v) is 10.2. The zero-order chi connectivity index (χ0) is 19.4. The van der Waals surface area contributed by atoms with Gasteiger partial charge in [-0.25, -0.2) is 4.98 Å². The van der Waals surface area contributed by atoms with Crippen molar-refractivity contribution < 1.29 is 4.74 Å². The lowest BCUT2D eigenvalue weighted by molar-refractivity contribution is 0.416. The molecule has 0 saturated heterocycles. The summed E-state index contributed by atoms with van der Waals surface area (Å²) in [5.74, 6) is 4.48. The molecule has 0 spiro atoms. The van der Waals surface area contributed by atoms with Crippen LogP contribution in [-0.2, 0) is 0 Å². The maximum absolute atomic E-state index is 5.61. The van der Waals surface area contributed by atoms with Crippen LogP contribution in [0.25, 0.3) is 5.65 Å². The number of methoxy groups -OCH3 is 1. The molecule has 2 aliphatic carbocycles. The van der Waals surface area contributed by atoms with E-state index in [4.69, 9.17) is 9.72 Å². The molecule has 146 valence electrons. The van der Waals surface area contributed by atoms with Crippen molar-refractivity contribution in [3.05, 3.63) is 40.8 Å². The van der Waals surface area contributed by atoms with Gasteiger partial charge in [-0.15, -0.1) is 0 Å². The van der Waals surface area contributed by atoms with Crippen molar-refractivity contribution in [3.8, 4) is 5.75 Å². The smallest absolute Gasteiger partial charge is 0.232 e. The van der Waals surface area contributed by atoms with Crippen LogP contribution in [0.4, 0.5) is 11.6 Å². The predicted octanol–water partition coefficient (Wildman–Crippen LogP) is 4.71. The molecule has 5 rings (SSSR count). The highest BCUT2D eigenvalue weighted by molar-refractivity contribution is 5.69. The highest BCUT2D eigenvalue weighted by Crippen LogP contribution is 2.55. The topological polar surface area (TPSA) is 64.3 Å². The molecule has 2 aliphatic rings. The van der Waals surface area contributed by atoms with E-state index in [2.05, 4.69) is 35.3 Å². The molecule has 2 fully saturated rings. The number of benzene rings is 1. The van der Waals surface area contributed by atoms with Crippen molar-refractivity contribution in [1.82, 2.24) is 19.6 Å². The van der Waals surface area contributed by atoms with Gasteiger partial charge in [-0.3, -0.25) is 0 Å². The number of nitrogens with one attached hydrogen (secondary N) is 1.